The SMILES string of the molecule is CC[C@@H](Cn1ccnc1)NC(=O)CN1C(=O)NC(C)(C)C1=O. The van der Waals surface area contributed by atoms with Crippen molar-refractivity contribution in [2.45, 2.75) is 45.3 Å². The van der Waals surface area contributed by atoms with Gasteiger partial charge in [-0.05, 0) is 20.3 Å². The highest BCUT2D eigenvalue weighted by atomic mass is 16.2. The summed E-state index contributed by atoms with van der Waals surface area (Å²) in [5.74, 6) is -0.747. The smallest absolute Gasteiger partial charge is 0.325 e. The van der Waals surface area contributed by atoms with Gasteiger partial charge in [0.2, 0.25) is 5.91 Å². The Hall–Kier alpha value is -2.38. The number of amides is 4. The molecule has 2 heterocycles. The average molecular weight is 307 g/mol. The van der Waals surface area contributed by atoms with Crippen LogP contribution in [0.5, 0.6) is 0 Å². The number of hydrogen-bond acceptors (Lipinski definition) is 4. The van der Waals surface area contributed by atoms with Crippen LogP contribution in [0.2, 0.25) is 0 Å². The van der Waals surface area contributed by atoms with E-state index in [1.165, 1.54) is 0 Å². The highest BCUT2D eigenvalue weighted by Gasteiger charge is 2.44. The van der Waals surface area contributed by atoms with E-state index in [0.717, 1.165) is 11.3 Å². The summed E-state index contributed by atoms with van der Waals surface area (Å²) in [6.45, 7) is 5.50. The molecule has 8 heteroatoms. The molecular formula is C14H21N5O3. The minimum absolute atomic E-state index is 0.0875. The maximum absolute atomic E-state index is 12.1. The lowest BCUT2D eigenvalue weighted by Crippen LogP contribution is -2.46. The van der Waals surface area contributed by atoms with Gasteiger partial charge in [0.1, 0.15) is 12.1 Å². The number of nitrogens with one attached hydrogen (secondary N) is 2. The van der Waals surface area contributed by atoms with Crippen molar-refractivity contribution in [1.29, 1.82) is 0 Å². The maximum atomic E-state index is 12.1. The van der Waals surface area contributed by atoms with Crippen molar-refractivity contribution >= 4 is 17.8 Å². The number of imidazole rings is 1. The molecule has 2 N–H and O–H groups in total. The van der Waals surface area contributed by atoms with E-state index in [1.807, 2.05) is 17.7 Å². The zero-order valence-electron chi connectivity index (χ0n) is 13.0. The van der Waals surface area contributed by atoms with Crippen LogP contribution in [0, 0.1) is 0 Å². The van der Waals surface area contributed by atoms with Gasteiger partial charge in [-0.2, -0.15) is 0 Å². The van der Waals surface area contributed by atoms with Crippen molar-refractivity contribution in [1.82, 2.24) is 25.1 Å². The Kier molecular flexibility index (Phi) is 4.48. The summed E-state index contributed by atoms with van der Waals surface area (Å²) in [5.41, 5.74) is -0.960. The molecule has 0 spiro atoms. The second-order valence-corrected chi connectivity index (χ2v) is 5.88. The van der Waals surface area contributed by atoms with Crippen LogP contribution >= 0.6 is 0 Å². The number of aromatic nitrogens is 2. The molecular weight excluding hydrogens is 286 g/mol. The molecule has 0 radical (unpaired) electrons. The van der Waals surface area contributed by atoms with Crippen molar-refractivity contribution in [3.05, 3.63) is 18.7 Å². The molecule has 120 valence electrons. The highest BCUT2D eigenvalue weighted by Crippen LogP contribution is 2.16. The predicted molar refractivity (Wildman–Crippen MR) is 78.8 cm³/mol. The first-order chi connectivity index (χ1) is 10.3. The average Bonchev–Trinajstić information content (AvgIpc) is 3.01. The molecule has 2 rings (SSSR count). The molecule has 0 saturated carbocycles. The molecule has 1 aromatic rings. The van der Waals surface area contributed by atoms with E-state index in [0.29, 0.717) is 6.54 Å². The molecule has 1 aliphatic heterocycles. The third kappa shape index (κ3) is 3.44. The molecule has 4 amide bonds. The monoisotopic (exact) mass is 307 g/mol. The van der Waals surface area contributed by atoms with Crippen LogP contribution in [0.15, 0.2) is 18.7 Å². The zero-order chi connectivity index (χ0) is 16.3. The summed E-state index contributed by atoms with van der Waals surface area (Å²) in [6, 6.07) is -0.622. The molecule has 1 aromatic heterocycles. The molecule has 0 aromatic carbocycles. The Morgan fingerprint density at radius 3 is 2.68 bits per heavy atom. The minimum Gasteiger partial charge on any atom is -0.350 e. The first kappa shape index (κ1) is 16.0. The quantitative estimate of drug-likeness (QED) is 0.729. The van der Waals surface area contributed by atoms with Gasteiger partial charge in [0.05, 0.1) is 6.33 Å². The van der Waals surface area contributed by atoms with Crippen molar-refractivity contribution in [2.75, 3.05) is 6.54 Å². The first-order valence-corrected chi connectivity index (χ1v) is 7.22. The van der Waals surface area contributed by atoms with Crippen LogP contribution in [0.3, 0.4) is 0 Å². The topological polar surface area (TPSA) is 96.3 Å². The molecule has 1 saturated heterocycles. The summed E-state index contributed by atoms with van der Waals surface area (Å²) >= 11 is 0. The van der Waals surface area contributed by atoms with Crippen LogP contribution in [0.4, 0.5) is 4.79 Å². The van der Waals surface area contributed by atoms with E-state index in [9.17, 15) is 14.4 Å². The lowest BCUT2D eigenvalue weighted by Gasteiger charge is -2.20. The Morgan fingerprint density at radius 2 is 2.18 bits per heavy atom. The van der Waals surface area contributed by atoms with E-state index >= 15 is 0 Å². The number of rotatable bonds is 6. The number of nitrogens with zero attached hydrogens (tertiary/aromatic N) is 3. The Morgan fingerprint density at radius 1 is 1.45 bits per heavy atom. The predicted octanol–water partition coefficient (Wildman–Crippen LogP) is 0.108. The fourth-order valence-electron chi connectivity index (χ4n) is 2.30. The van der Waals surface area contributed by atoms with Crippen molar-refractivity contribution in [3.63, 3.8) is 0 Å². The highest BCUT2D eigenvalue weighted by molar-refractivity contribution is 6.08. The summed E-state index contributed by atoms with van der Waals surface area (Å²) in [7, 11) is 0. The standard InChI is InChI=1S/C14H21N5O3/c1-4-10(7-18-6-5-15-9-18)16-11(20)8-19-12(21)14(2,3)17-13(19)22/h5-6,9-10H,4,7-8H2,1-3H3,(H,16,20)(H,17,22)/t10-/m0/s1. The van der Waals surface area contributed by atoms with Crippen LogP contribution in [-0.2, 0) is 16.1 Å². The third-order valence-electron chi connectivity index (χ3n) is 3.59. The largest absolute Gasteiger partial charge is 0.350 e. The lowest BCUT2D eigenvalue weighted by atomic mass is 10.1. The lowest BCUT2D eigenvalue weighted by molar-refractivity contribution is -0.134. The van der Waals surface area contributed by atoms with Crippen molar-refractivity contribution < 1.29 is 14.4 Å². The second kappa shape index (κ2) is 6.17. The summed E-state index contributed by atoms with van der Waals surface area (Å²) in [4.78, 5) is 40.8. The number of hydrogen-bond donors (Lipinski definition) is 2. The van der Waals surface area contributed by atoms with Gasteiger partial charge in [0, 0.05) is 25.0 Å². The van der Waals surface area contributed by atoms with Crippen LogP contribution < -0.4 is 10.6 Å². The number of carbonyl (C=O) groups is 3. The first-order valence-electron chi connectivity index (χ1n) is 7.22. The van der Waals surface area contributed by atoms with E-state index in [2.05, 4.69) is 15.6 Å². The Labute approximate surface area is 128 Å². The third-order valence-corrected chi connectivity index (χ3v) is 3.59. The molecule has 0 aliphatic carbocycles. The molecule has 8 nitrogen and oxygen atoms in total. The molecule has 0 unspecified atom stereocenters. The molecule has 1 aliphatic rings. The van der Waals surface area contributed by atoms with E-state index < -0.39 is 17.5 Å². The number of urea groups is 1. The van der Waals surface area contributed by atoms with Crippen molar-refractivity contribution in [2.24, 2.45) is 0 Å². The van der Waals surface area contributed by atoms with Gasteiger partial charge >= 0.3 is 6.03 Å². The van der Waals surface area contributed by atoms with Gasteiger partial charge < -0.3 is 15.2 Å². The van der Waals surface area contributed by atoms with E-state index in [1.54, 1.807) is 26.4 Å². The van der Waals surface area contributed by atoms with Crippen molar-refractivity contribution in [3.8, 4) is 0 Å². The molecule has 0 bridgehead atoms. The zero-order valence-corrected chi connectivity index (χ0v) is 13.0. The summed E-state index contributed by atoms with van der Waals surface area (Å²) < 4.78 is 1.87. The fourth-order valence-corrected chi connectivity index (χ4v) is 2.30. The van der Waals surface area contributed by atoms with Gasteiger partial charge in [-0.15, -0.1) is 0 Å². The Balaban J connectivity index is 1.92. The second-order valence-electron chi connectivity index (χ2n) is 5.88. The van der Waals surface area contributed by atoms with E-state index in [-0.39, 0.29) is 18.5 Å². The van der Waals surface area contributed by atoms with Crippen LogP contribution in [0.25, 0.3) is 0 Å². The minimum atomic E-state index is -0.960. The van der Waals surface area contributed by atoms with Crippen LogP contribution in [0.1, 0.15) is 27.2 Å². The van der Waals surface area contributed by atoms with Crippen LogP contribution in [-0.4, -0.2) is 50.4 Å². The van der Waals surface area contributed by atoms with Gasteiger partial charge in [0.15, 0.2) is 0 Å². The maximum Gasteiger partial charge on any atom is 0.325 e. The summed E-state index contributed by atoms with van der Waals surface area (Å²) in [6.07, 6.45) is 5.89. The van der Waals surface area contributed by atoms with Gasteiger partial charge in [-0.25, -0.2) is 9.78 Å². The molecule has 22 heavy (non-hydrogen) atoms. The Bertz CT molecular complexity index is 567. The number of carbonyl (C=O) groups excluding carboxylic acids is 3. The summed E-state index contributed by atoms with van der Waals surface area (Å²) in [5, 5.41) is 5.39. The van der Waals surface area contributed by atoms with Gasteiger partial charge in [0.25, 0.3) is 5.91 Å². The molecule has 1 atom stereocenters. The van der Waals surface area contributed by atoms with Gasteiger partial charge in [-0.3, -0.25) is 14.5 Å². The molecule has 1 fully saturated rings. The van der Waals surface area contributed by atoms with E-state index in [4.69, 9.17) is 0 Å². The number of imide groups is 1. The van der Waals surface area contributed by atoms with Gasteiger partial charge in [-0.1, -0.05) is 6.92 Å². The normalized spacial score (nSPS) is 18.2. The fraction of sp³-hybridized carbons (Fsp3) is 0.571.